The molecule has 0 amide bonds. The highest BCUT2D eigenvalue weighted by molar-refractivity contribution is 5.64. The number of aliphatic hydroxyl groups excluding tert-OH is 1. The van der Waals surface area contributed by atoms with Gasteiger partial charge in [-0.3, -0.25) is 4.40 Å². The fraction of sp³-hybridized carbons (Fsp3) is 0.500. The topological polar surface area (TPSA) is 66.5 Å². The fourth-order valence-electron chi connectivity index (χ4n) is 2.09. The summed E-state index contributed by atoms with van der Waals surface area (Å²) in [6.45, 7) is 3.35. The maximum Gasteiger partial charge on any atom is 0.203 e. The predicted molar refractivity (Wildman–Crippen MR) is 58.4 cm³/mol. The molecule has 84 valence electrons. The Hall–Kier alpha value is -1.69. The number of rotatable bonds is 1. The van der Waals surface area contributed by atoms with Crippen molar-refractivity contribution in [2.24, 2.45) is 0 Å². The molecule has 2 aromatic rings. The first kappa shape index (κ1) is 9.53. The summed E-state index contributed by atoms with van der Waals surface area (Å²) < 4.78 is 1.91. The molecule has 0 aliphatic carbocycles. The zero-order chi connectivity index (χ0) is 11.1. The van der Waals surface area contributed by atoms with Gasteiger partial charge in [0.1, 0.15) is 5.82 Å². The molecule has 1 fully saturated rings. The number of hydrogen-bond acceptors (Lipinski definition) is 5. The van der Waals surface area contributed by atoms with E-state index < -0.39 is 0 Å². The molecule has 6 heteroatoms. The molecular weight excluding hydrogens is 206 g/mol. The summed E-state index contributed by atoms with van der Waals surface area (Å²) in [4.78, 5) is 6.38. The molecule has 3 rings (SSSR count). The molecule has 0 bridgehead atoms. The van der Waals surface area contributed by atoms with Crippen molar-refractivity contribution in [2.45, 2.75) is 19.4 Å². The van der Waals surface area contributed by atoms with E-state index in [1.807, 2.05) is 22.4 Å². The zero-order valence-corrected chi connectivity index (χ0v) is 9.04. The molecule has 6 nitrogen and oxygen atoms in total. The summed E-state index contributed by atoms with van der Waals surface area (Å²) in [5.41, 5.74) is 0.758. The molecule has 1 aliphatic rings. The number of fused-ring (bicyclic) bond motifs is 1. The van der Waals surface area contributed by atoms with Crippen molar-refractivity contribution in [3.8, 4) is 0 Å². The first-order valence-corrected chi connectivity index (χ1v) is 5.35. The summed E-state index contributed by atoms with van der Waals surface area (Å²) in [5.74, 6) is 1.65. The maximum absolute atomic E-state index is 9.53. The summed E-state index contributed by atoms with van der Waals surface area (Å²) in [5, 5.41) is 17.7. The van der Waals surface area contributed by atoms with Crippen LogP contribution in [-0.2, 0) is 0 Å². The molecular formula is C10H13N5O. The maximum atomic E-state index is 9.53. The SMILES string of the molecule is Cc1nnc2c(N3CC[C@H](O)C3)nccn12. The van der Waals surface area contributed by atoms with Crippen LogP contribution in [0.5, 0.6) is 0 Å². The van der Waals surface area contributed by atoms with E-state index in [-0.39, 0.29) is 6.10 Å². The molecule has 1 aliphatic heterocycles. The monoisotopic (exact) mass is 219 g/mol. The van der Waals surface area contributed by atoms with Gasteiger partial charge in [0.2, 0.25) is 5.65 Å². The first-order valence-electron chi connectivity index (χ1n) is 5.35. The summed E-state index contributed by atoms with van der Waals surface area (Å²) in [6, 6.07) is 0. The molecule has 1 N–H and O–H groups in total. The minimum absolute atomic E-state index is 0.258. The number of aryl methyl sites for hydroxylation is 1. The molecule has 0 spiro atoms. The van der Waals surface area contributed by atoms with Gasteiger partial charge in [-0.2, -0.15) is 0 Å². The minimum Gasteiger partial charge on any atom is -0.391 e. The molecule has 0 radical (unpaired) electrons. The number of hydrogen-bond donors (Lipinski definition) is 1. The van der Waals surface area contributed by atoms with Gasteiger partial charge in [0, 0.05) is 25.5 Å². The molecule has 2 aromatic heterocycles. The van der Waals surface area contributed by atoms with Gasteiger partial charge in [0.05, 0.1) is 6.10 Å². The lowest BCUT2D eigenvalue weighted by Crippen LogP contribution is -2.23. The second-order valence-electron chi connectivity index (χ2n) is 4.08. The van der Waals surface area contributed by atoms with E-state index in [9.17, 15) is 5.11 Å². The van der Waals surface area contributed by atoms with Gasteiger partial charge < -0.3 is 10.0 Å². The quantitative estimate of drug-likeness (QED) is 0.731. The van der Waals surface area contributed by atoms with Crippen LogP contribution in [0.15, 0.2) is 12.4 Å². The lowest BCUT2D eigenvalue weighted by Gasteiger charge is -2.16. The fourth-order valence-corrected chi connectivity index (χ4v) is 2.09. The van der Waals surface area contributed by atoms with E-state index in [0.29, 0.717) is 6.54 Å². The van der Waals surface area contributed by atoms with Gasteiger partial charge in [-0.05, 0) is 13.3 Å². The van der Waals surface area contributed by atoms with Crippen molar-refractivity contribution in [3.63, 3.8) is 0 Å². The largest absolute Gasteiger partial charge is 0.391 e. The third-order valence-corrected chi connectivity index (χ3v) is 2.94. The van der Waals surface area contributed by atoms with Crippen molar-refractivity contribution >= 4 is 11.5 Å². The Bertz CT molecular complexity index is 523. The highest BCUT2D eigenvalue weighted by Gasteiger charge is 2.23. The Labute approximate surface area is 92.5 Å². The van der Waals surface area contributed by atoms with Crippen molar-refractivity contribution in [3.05, 3.63) is 18.2 Å². The van der Waals surface area contributed by atoms with Crippen molar-refractivity contribution in [2.75, 3.05) is 18.0 Å². The highest BCUT2D eigenvalue weighted by Crippen LogP contribution is 2.21. The zero-order valence-electron chi connectivity index (χ0n) is 9.04. The second kappa shape index (κ2) is 3.41. The van der Waals surface area contributed by atoms with Crippen LogP contribution in [0.25, 0.3) is 5.65 Å². The second-order valence-corrected chi connectivity index (χ2v) is 4.08. The molecule has 1 atom stereocenters. The predicted octanol–water partition coefficient (Wildman–Crippen LogP) is 0.00372. The van der Waals surface area contributed by atoms with Crippen LogP contribution in [0.3, 0.4) is 0 Å². The van der Waals surface area contributed by atoms with Gasteiger partial charge in [0.25, 0.3) is 0 Å². The van der Waals surface area contributed by atoms with Gasteiger partial charge in [-0.25, -0.2) is 4.98 Å². The normalized spacial score (nSPS) is 20.9. The van der Waals surface area contributed by atoms with Crippen LogP contribution in [0.2, 0.25) is 0 Å². The van der Waals surface area contributed by atoms with Crippen LogP contribution < -0.4 is 4.90 Å². The van der Waals surface area contributed by atoms with Crippen LogP contribution in [0.4, 0.5) is 5.82 Å². The average molecular weight is 219 g/mol. The Morgan fingerprint density at radius 3 is 3.06 bits per heavy atom. The lowest BCUT2D eigenvalue weighted by molar-refractivity contribution is 0.198. The van der Waals surface area contributed by atoms with E-state index >= 15 is 0 Å². The number of nitrogens with zero attached hydrogens (tertiary/aromatic N) is 5. The smallest absolute Gasteiger partial charge is 0.203 e. The van der Waals surface area contributed by atoms with Gasteiger partial charge in [-0.1, -0.05) is 0 Å². The van der Waals surface area contributed by atoms with Crippen LogP contribution >= 0.6 is 0 Å². The van der Waals surface area contributed by atoms with E-state index in [2.05, 4.69) is 15.2 Å². The van der Waals surface area contributed by atoms with Crippen molar-refractivity contribution in [1.82, 2.24) is 19.6 Å². The first-order chi connectivity index (χ1) is 7.75. The van der Waals surface area contributed by atoms with Gasteiger partial charge >= 0.3 is 0 Å². The van der Waals surface area contributed by atoms with Gasteiger partial charge in [0.15, 0.2) is 5.82 Å². The van der Waals surface area contributed by atoms with Crippen molar-refractivity contribution in [1.29, 1.82) is 0 Å². The lowest BCUT2D eigenvalue weighted by atomic mass is 10.3. The van der Waals surface area contributed by atoms with E-state index in [0.717, 1.165) is 30.3 Å². The number of aliphatic hydroxyl groups is 1. The summed E-state index contributed by atoms with van der Waals surface area (Å²) in [6.07, 6.45) is 4.12. The van der Waals surface area contributed by atoms with E-state index in [1.165, 1.54) is 0 Å². The Balaban J connectivity index is 2.09. The minimum atomic E-state index is -0.258. The molecule has 16 heavy (non-hydrogen) atoms. The van der Waals surface area contributed by atoms with E-state index in [4.69, 9.17) is 0 Å². The number of aromatic nitrogens is 4. The van der Waals surface area contributed by atoms with E-state index in [1.54, 1.807) is 6.20 Å². The summed E-state index contributed by atoms with van der Waals surface area (Å²) in [7, 11) is 0. The average Bonchev–Trinajstić information content (AvgIpc) is 2.86. The van der Waals surface area contributed by atoms with Crippen LogP contribution in [0, 0.1) is 6.92 Å². The van der Waals surface area contributed by atoms with Crippen LogP contribution in [0.1, 0.15) is 12.2 Å². The highest BCUT2D eigenvalue weighted by atomic mass is 16.3. The van der Waals surface area contributed by atoms with Gasteiger partial charge in [-0.15, -0.1) is 10.2 Å². The third-order valence-electron chi connectivity index (χ3n) is 2.94. The molecule has 0 aromatic carbocycles. The molecule has 0 saturated carbocycles. The Morgan fingerprint density at radius 2 is 2.31 bits per heavy atom. The standard InChI is InChI=1S/C10H13N5O/c1-7-12-13-10-9(11-3-5-15(7)10)14-4-2-8(16)6-14/h3,5,8,16H,2,4,6H2,1H3/t8-/m0/s1. The third kappa shape index (κ3) is 1.34. The Kier molecular flexibility index (Phi) is 2.03. The number of β-amino-alcohol motifs (C(OH)–C–C–N with tert-alkyl or cyclic N) is 1. The Morgan fingerprint density at radius 1 is 1.44 bits per heavy atom. The number of anilines is 1. The molecule has 0 unspecified atom stereocenters. The molecule has 3 heterocycles. The summed E-state index contributed by atoms with van der Waals surface area (Å²) >= 11 is 0. The van der Waals surface area contributed by atoms with Crippen LogP contribution in [-0.4, -0.2) is 43.9 Å². The van der Waals surface area contributed by atoms with Crippen molar-refractivity contribution < 1.29 is 5.11 Å². The molecule has 1 saturated heterocycles.